The van der Waals surface area contributed by atoms with Gasteiger partial charge in [0.1, 0.15) is 5.82 Å². The minimum Gasteiger partial charge on any atom is -0.362 e. The van der Waals surface area contributed by atoms with E-state index in [9.17, 15) is 27.5 Å². The Bertz CT molecular complexity index is 787. The summed E-state index contributed by atoms with van der Waals surface area (Å²) in [6.07, 6.45) is -6.04. The second-order valence-electron chi connectivity index (χ2n) is 5.14. The lowest BCUT2D eigenvalue weighted by Gasteiger charge is -2.32. The number of aliphatic hydroxyl groups is 1. The number of carbonyl (C=O) groups excluding carboxylic acids is 1. The van der Waals surface area contributed by atoms with Gasteiger partial charge in [0.05, 0.1) is 17.0 Å². The third kappa shape index (κ3) is 2.69. The summed E-state index contributed by atoms with van der Waals surface area (Å²) in [6.45, 7) is 0. The Labute approximate surface area is 137 Å². The lowest BCUT2D eigenvalue weighted by Crippen LogP contribution is -2.56. The van der Waals surface area contributed by atoms with Crippen LogP contribution in [0.15, 0.2) is 46.9 Å². The highest BCUT2D eigenvalue weighted by Gasteiger charge is 2.63. The zero-order valence-corrected chi connectivity index (χ0v) is 12.7. The molecule has 1 unspecified atom stereocenters. The van der Waals surface area contributed by atoms with Gasteiger partial charge < -0.3 is 5.11 Å². The Balaban J connectivity index is 2.03. The number of benzene rings is 1. The van der Waals surface area contributed by atoms with Crippen molar-refractivity contribution < 1.29 is 27.5 Å². The number of amides is 1. The minimum absolute atomic E-state index is 0.0155. The van der Waals surface area contributed by atoms with Crippen LogP contribution in [0.2, 0.25) is 0 Å². The standard InChI is InChI=1S/C15H10F4N2O2S/c16-10-5-3-9(4-6-10)11-8-14(23,15(17,18)19)21(20-11)13(22)12-2-1-7-24-12/h1-7,23H,8H2. The van der Waals surface area contributed by atoms with Gasteiger partial charge in [0, 0.05) is 0 Å². The fourth-order valence-electron chi connectivity index (χ4n) is 2.29. The topological polar surface area (TPSA) is 52.9 Å². The van der Waals surface area contributed by atoms with Gasteiger partial charge in [-0.2, -0.15) is 23.3 Å². The van der Waals surface area contributed by atoms with Crippen molar-refractivity contribution in [3.8, 4) is 0 Å². The molecule has 9 heteroatoms. The molecule has 1 aliphatic rings. The molecule has 1 amide bonds. The molecular weight excluding hydrogens is 348 g/mol. The second-order valence-corrected chi connectivity index (χ2v) is 6.09. The predicted octanol–water partition coefficient (Wildman–Crippen LogP) is 3.39. The number of rotatable bonds is 2. The molecule has 0 fully saturated rings. The second kappa shape index (κ2) is 5.67. The van der Waals surface area contributed by atoms with E-state index in [0.717, 1.165) is 23.5 Å². The molecule has 1 N–H and O–H groups in total. The van der Waals surface area contributed by atoms with E-state index in [2.05, 4.69) is 5.10 Å². The van der Waals surface area contributed by atoms with E-state index in [-0.39, 0.29) is 21.2 Å². The van der Waals surface area contributed by atoms with E-state index >= 15 is 0 Å². The van der Waals surface area contributed by atoms with E-state index in [1.54, 1.807) is 0 Å². The zero-order chi connectivity index (χ0) is 17.5. The maximum Gasteiger partial charge on any atom is 0.438 e. The summed E-state index contributed by atoms with van der Waals surface area (Å²) >= 11 is 0.940. The van der Waals surface area contributed by atoms with Gasteiger partial charge in [0.25, 0.3) is 11.6 Å². The van der Waals surface area contributed by atoms with Crippen LogP contribution in [0.1, 0.15) is 21.7 Å². The highest BCUT2D eigenvalue weighted by Crippen LogP contribution is 2.42. The number of hydrogen-bond acceptors (Lipinski definition) is 4. The highest BCUT2D eigenvalue weighted by atomic mass is 32.1. The summed E-state index contributed by atoms with van der Waals surface area (Å²) in [5, 5.41) is 15.4. The summed E-state index contributed by atoms with van der Waals surface area (Å²) in [4.78, 5) is 12.3. The van der Waals surface area contributed by atoms with Crippen molar-refractivity contribution in [2.24, 2.45) is 5.10 Å². The maximum atomic E-state index is 13.4. The van der Waals surface area contributed by atoms with Gasteiger partial charge in [-0.05, 0) is 29.1 Å². The highest BCUT2D eigenvalue weighted by molar-refractivity contribution is 7.12. The molecule has 0 radical (unpaired) electrons. The molecule has 0 saturated heterocycles. The average molecular weight is 358 g/mol. The summed E-state index contributed by atoms with van der Waals surface area (Å²) in [5.41, 5.74) is -3.40. The van der Waals surface area contributed by atoms with Gasteiger partial charge >= 0.3 is 6.18 Å². The first-order valence-corrected chi connectivity index (χ1v) is 7.61. The van der Waals surface area contributed by atoms with E-state index in [1.807, 2.05) is 0 Å². The maximum absolute atomic E-state index is 13.4. The number of thiophene rings is 1. The van der Waals surface area contributed by atoms with Crippen molar-refractivity contribution in [3.05, 3.63) is 58.0 Å². The lowest BCUT2D eigenvalue weighted by atomic mass is 10.0. The molecule has 2 heterocycles. The van der Waals surface area contributed by atoms with Crippen molar-refractivity contribution in [2.45, 2.75) is 18.3 Å². The summed E-state index contributed by atoms with van der Waals surface area (Å²) in [7, 11) is 0. The van der Waals surface area contributed by atoms with E-state index < -0.39 is 30.0 Å². The number of hydrogen-bond donors (Lipinski definition) is 1. The van der Waals surface area contributed by atoms with Crippen molar-refractivity contribution >= 4 is 23.0 Å². The van der Waals surface area contributed by atoms with Gasteiger partial charge in [-0.1, -0.05) is 18.2 Å². The normalized spacial score (nSPS) is 21.0. The SMILES string of the molecule is O=C(c1cccs1)N1N=C(c2ccc(F)cc2)CC1(O)C(F)(F)F. The molecule has 0 saturated carbocycles. The molecule has 1 aromatic carbocycles. The Morgan fingerprint density at radius 1 is 1.25 bits per heavy atom. The Morgan fingerprint density at radius 3 is 2.46 bits per heavy atom. The van der Waals surface area contributed by atoms with Crippen LogP contribution in [-0.2, 0) is 0 Å². The smallest absolute Gasteiger partial charge is 0.362 e. The summed E-state index contributed by atoms with van der Waals surface area (Å²) in [6, 6.07) is 7.46. The minimum atomic E-state index is -5.11. The summed E-state index contributed by atoms with van der Waals surface area (Å²) in [5.74, 6) is -1.61. The van der Waals surface area contributed by atoms with Crippen LogP contribution < -0.4 is 0 Å². The number of nitrogens with zero attached hydrogens (tertiary/aromatic N) is 2. The zero-order valence-electron chi connectivity index (χ0n) is 11.9. The van der Waals surface area contributed by atoms with Crippen molar-refractivity contribution in [3.63, 3.8) is 0 Å². The fraction of sp³-hybridized carbons (Fsp3) is 0.200. The molecule has 1 atom stereocenters. The Morgan fingerprint density at radius 2 is 1.92 bits per heavy atom. The lowest BCUT2D eigenvalue weighted by molar-refractivity contribution is -0.297. The van der Waals surface area contributed by atoms with Gasteiger partial charge in [-0.15, -0.1) is 11.3 Å². The van der Waals surface area contributed by atoms with Crippen molar-refractivity contribution in [1.29, 1.82) is 0 Å². The van der Waals surface area contributed by atoms with Crippen LogP contribution in [0.25, 0.3) is 0 Å². The van der Waals surface area contributed by atoms with Crippen LogP contribution in [0.3, 0.4) is 0 Å². The average Bonchev–Trinajstić information content (AvgIpc) is 3.15. The first-order valence-electron chi connectivity index (χ1n) is 6.73. The third-order valence-corrected chi connectivity index (χ3v) is 4.40. The van der Waals surface area contributed by atoms with Crippen molar-refractivity contribution in [1.82, 2.24) is 5.01 Å². The fourth-order valence-corrected chi connectivity index (χ4v) is 2.94. The molecule has 0 spiro atoms. The van der Waals surface area contributed by atoms with Gasteiger partial charge in [0.2, 0.25) is 0 Å². The van der Waals surface area contributed by atoms with E-state index in [1.165, 1.54) is 29.6 Å². The van der Waals surface area contributed by atoms with E-state index in [0.29, 0.717) is 0 Å². The Hall–Kier alpha value is -2.26. The molecule has 2 aromatic rings. The molecule has 126 valence electrons. The number of halogens is 4. The molecule has 1 aromatic heterocycles. The Kier molecular flexibility index (Phi) is 3.92. The van der Waals surface area contributed by atoms with Gasteiger partial charge in [-0.25, -0.2) is 4.39 Å². The quantitative estimate of drug-likeness (QED) is 0.837. The molecule has 0 aliphatic carbocycles. The van der Waals surface area contributed by atoms with Crippen LogP contribution in [-0.4, -0.2) is 33.6 Å². The first kappa shape index (κ1) is 16.6. The van der Waals surface area contributed by atoms with Crippen molar-refractivity contribution in [2.75, 3.05) is 0 Å². The summed E-state index contributed by atoms with van der Waals surface area (Å²) < 4.78 is 53.1. The number of hydrazone groups is 1. The molecule has 0 bridgehead atoms. The van der Waals surface area contributed by atoms with Crippen LogP contribution in [0.4, 0.5) is 17.6 Å². The molecule has 3 rings (SSSR count). The number of alkyl halides is 3. The monoisotopic (exact) mass is 358 g/mol. The first-order chi connectivity index (χ1) is 11.2. The van der Waals surface area contributed by atoms with Crippen LogP contribution in [0, 0.1) is 5.82 Å². The molecule has 4 nitrogen and oxygen atoms in total. The molecular formula is C15H10F4N2O2S. The predicted molar refractivity (Wildman–Crippen MR) is 79.0 cm³/mol. The van der Waals surface area contributed by atoms with Crippen LogP contribution >= 0.6 is 11.3 Å². The molecule has 1 aliphatic heterocycles. The third-order valence-electron chi connectivity index (χ3n) is 3.54. The van der Waals surface area contributed by atoms with Gasteiger partial charge in [-0.3, -0.25) is 4.79 Å². The van der Waals surface area contributed by atoms with Gasteiger partial charge in [0.15, 0.2) is 0 Å². The number of carbonyl (C=O) groups is 1. The van der Waals surface area contributed by atoms with Crippen LogP contribution in [0.5, 0.6) is 0 Å². The van der Waals surface area contributed by atoms with E-state index in [4.69, 9.17) is 0 Å². The molecule has 24 heavy (non-hydrogen) atoms. The largest absolute Gasteiger partial charge is 0.438 e.